The molecule has 6 nitrogen and oxygen atoms in total. The number of benzene rings is 1. The van der Waals surface area contributed by atoms with Crippen molar-refractivity contribution in [1.29, 1.82) is 0 Å². The van der Waals surface area contributed by atoms with Crippen LogP contribution in [0.5, 0.6) is 0 Å². The lowest BCUT2D eigenvalue weighted by Crippen LogP contribution is -2.36. The molecule has 0 spiro atoms. The number of hydrogen-bond donors (Lipinski definition) is 1. The molecule has 7 heteroatoms. The molecule has 0 heterocycles. The Morgan fingerprint density at radius 1 is 1.42 bits per heavy atom. The van der Waals surface area contributed by atoms with E-state index in [-0.39, 0.29) is 23.7 Å². The summed E-state index contributed by atoms with van der Waals surface area (Å²) in [5.74, 6) is -0.613. The van der Waals surface area contributed by atoms with Gasteiger partial charge in [-0.1, -0.05) is 19.1 Å². The number of methoxy groups -OCH3 is 1. The molecular formula is C12H18N2O4S. The number of esters is 1. The van der Waals surface area contributed by atoms with Crippen molar-refractivity contribution < 1.29 is 17.9 Å². The number of carbonyl (C=O) groups is 1. The molecule has 0 saturated carbocycles. The number of ether oxygens (including phenoxy) is 1. The molecular weight excluding hydrogens is 268 g/mol. The van der Waals surface area contributed by atoms with Crippen LogP contribution in [0.1, 0.15) is 12.5 Å². The third kappa shape index (κ3) is 3.24. The molecule has 0 fully saturated rings. The van der Waals surface area contributed by atoms with E-state index in [9.17, 15) is 13.2 Å². The number of carbonyl (C=O) groups excluding carboxylic acids is 1. The van der Waals surface area contributed by atoms with E-state index in [4.69, 9.17) is 5.73 Å². The summed E-state index contributed by atoms with van der Waals surface area (Å²) in [4.78, 5) is 11.3. The Hall–Kier alpha value is -1.60. The van der Waals surface area contributed by atoms with Crippen molar-refractivity contribution in [3.63, 3.8) is 0 Å². The van der Waals surface area contributed by atoms with Gasteiger partial charge in [-0.15, -0.1) is 0 Å². The number of aryl methyl sites for hydroxylation is 1. The van der Waals surface area contributed by atoms with E-state index < -0.39 is 16.0 Å². The fourth-order valence-electron chi connectivity index (χ4n) is 1.73. The smallest absolute Gasteiger partial charge is 0.321 e. The summed E-state index contributed by atoms with van der Waals surface area (Å²) < 4.78 is 30.5. The second kappa shape index (κ2) is 6.03. The molecule has 106 valence electrons. The number of anilines is 1. The summed E-state index contributed by atoms with van der Waals surface area (Å²) in [7, 11) is -2.60. The largest absolute Gasteiger partial charge is 0.468 e. The van der Waals surface area contributed by atoms with E-state index in [0.29, 0.717) is 5.56 Å². The standard InChI is InChI=1S/C12H18N2O4S/c1-4-14(8-11(15)18-3)19(16,17)12-9(2)6-5-7-10(12)13/h5-7H,4,8,13H2,1-3H3. The van der Waals surface area contributed by atoms with Crippen LogP contribution in [0, 0.1) is 6.92 Å². The van der Waals surface area contributed by atoms with Gasteiger partial charge in [0.1, 0.15) is 11.4 Å². The fraction of sp³-hybridized carbons (Fsp3) is 0.417. The van der Waals surface area contributed by atoms with Crippen molar-refractivity contribution in [3.05, 3.63) is 23.8 Å². The van der Waals surface area contributed by atoms with Crippen LogP contribution in [0.15, 0.2) is 23.1 Å². The number of likely N-dealkylation sites (N-methyl/N-ethyl adjacent to an activating group) is 1. The van der Waals surface area contributed by atoms with Crippen LogP contribution in [0.2, 0.25) is 0 Å². The third-order valence-electron chi connectivity index (χ3n) is 2.73. The average molecular weight is 286 g/mol. The second-order valence-corrected chi connectivity index (χ2v) is 5.88. The van der Waals surface area contributed by atoms with Gasteiger partial charge in [-0.05, 0) is 18.6 Å². The number of hydrogen-bond acceptors (Lipinski definition) is 5. The van der Waals surface area contributed by atoms with Gasteiger partial charge in [-0.25, -0.2) is 8.42 Å². The van der Waals surface area contributed by atoms with Crippen molar-refractivity contribution in [3.8, 4) is 0 Å². The lowest BCUT2D eigenvalue weighted by molar-refractivity contribution is -0.140. The Morgan fingerprint density at radius 2 is 2.05 bits per heavy atom. The topological polar surface area (TPSA) is 89.7 Å². The van der Waals surface area contributed by atoms with Crippen molar-refractivity contribution in [2.45, 2.75) is 18.7 Å². The normalized spacial score (nSPS) is 11.6. The van der Waals surface area contributed by atoms with Crippen molar-refractivity contribution in [1.82, 2.24) is 4.31 Å². The predicted molar refractivity (Wildman–Crippen MR) is 72.0 cm³/mol. The maximum Gasteiger partial charge on any atom is 0.321 e. The van der Waals surface area contributed by atoms with Crippen LogP contribution in [-0.2, 0) is 19.6 Å². The van der Waals surface area contributed by atoms with Crippen molar-refractivity contribution >= 4 is 21.7 Å². The highest BCUT2D eigenvalue weighted by Gasteiger charge is 2.28. The summed E-state index contributed by atoms with van der Waals surface area (Å²) in [5, 5.41) is 0. The quantitative estimate of drug-likeness (QED) is 0.637. The van der Waals surface area contributed by atoms with Gasteiger partial charge >= 0.3 is 5.97 Å². The number of nitrogen functional groups attached to an aromatic ring is 1. The van der Waals surface area contributed by atoms with Gasteiger partial charge in [0.2, 0.25) is 10.0 Å². The van der Waals surface area contributed by atoms with Crippen LogP contribution in [-0.4, -0.2) is 38.9 Å². The first-order valence-corrected chi connectivity index (χ1v) is 7.20. The van der Waals surface area contributed by atoms with Crippen LogP contribution < -0.4 is 5.73 Å². The van der Waals surface area contributed by atoms with Gasteiger partial charge in [-0.2, -0.15) is 4.31 Å². The zero-order valence-electron chi connectivity index (χ0n) is 11.2. The first-order chi connectivity index (χ1) is 8.84. The van der Waals surface area contributed by atoms with Crippen LogP contribution in [0.4, 0.5) is 5.69 Å². The minimum Gasteiger partial charge on any atom is -0.468 e. The van der Waals surface area contributed by atoms with E-state index >= 15 is 0 Å². The molecule has 0 radical (unpaired) electrons. The van der Waals surface area contributed by atoms with Gasteiger partial charge in [-0.3, -0.25) is 4.79 Å². The molecule has 1 aromatic carbocycles. The molecule has 1 rings (SSSR count). The maximum atomic E-state index is 12.5. The SMILES string of the molecule is CCN(CC(=O)OC)S(=O)(=O)c1c(C)cccc1N. The molecule has 0 amide bonds. The summed E-state index contributed by atoms with van der Waals surface area (Å²) in [5.41, 5.74) is 6.46. The lowest BCUT2D eigenvalue weighted by Gasteiger charge is -2.21. The average Bonchev–Trinajstić information content (AvgIpc) is 2.34. The highest BCUT2D eigenvalue weighted by atomic mass is 32.2. The Kier molecular flexibility index (Phi) is 4.90. The van der Waals surface area contributed by atoms with Crippen LogP contribution >= 0.6 is 0 Å². The van der Waals surface area contributed by atoms with E-state index in [1.165, 1.54) is 13.2 Å². The third-order valence-corrected chi connectivity index (χ3v) is 4.87. The molecule has 2 N–H and O–H groups in total. The zero-order valence-corrected chi connectivity index (χ0v) is 12.0. The monoisotopic (exact) mass is 286 g/mol. The summed E-state index contributed by atoms with van der Waals surface area (Å²) in [6, 6.07) is 4.86. The number of nitrogens with two attached hydrogens (primary N) is 1. The number of sulfonamides is 1. The van der Waals surface area contributed by atoms with Gasteiger partial charge in [0.15, 0.2) is 0 Å². The van der Waals surface area contributed by atoms with Crippen LogP contribution in [0.3, 0.4) is 0 Å². The fourth-order valence-corrected chi connectivity index (χ4v) is 3.45. The molecule has 0 aromatic heterocycles. The summed E-state index contributed by atoms with van der Waals surface area (Å²) in [6.45, 7) is 3.14. The van der Waals surface area contributed by atoms with E-state index in [1.54, 1.807) is 26.0 Å². The van der Waals surface area contributed by atoms with Gasteiger partial charge in [0.05, 0.1) is 12.8 Å². The molecule has 19 heavy (non-hydrogen) atoms. The molecule has 0 bridgehead atoms. The molecule has 0 saturated heterocycles. The van der Waals surface area contributed by atoms with Crippen LogP contribution in [0.25, 0.3) is 0 Å². The van der Waals surface area contributed by atoms with E-state index in [2.05, 4.69) is 4.74 Å². The zero-order chi connectivity index (χ0) is 14.6. The number of nitrogens with zero attached hydrogens (tertiary/aromatic N) is 1. The summed E-state index contributed by atoms with van der Waals surface area (Å²) in [6.07, 6.45) is 0. The molecule has 0 unspecified atom stereocenters. The molecule has 0 aliphatic heterocycles. The molecule has 1 aromatic rings. The lowest BCUT2D eigenvalue weighted by atomic mass is 10.2. The van der Waals surface area contributed by atoms with Gasteiger partial charge in [0, 0.05) is 6.54 Å². The summed E-state index contributed by atoms with van der Waals surface area (Å²) >= 11 is 0. The second-order valence-electron chi connectivity index (χ2n) is 4.00. The molecule has 0 aliphatic rings. The minimum atomic E-state index is -3.81. The Balaban J connectivity index is 3.25. The maximum absolute atomic E-state index is 12.5. The van der Waals surface area contributed by atoms with Gasteiger partial charge in [0.25, 0.3) is 0 Å². The van der Waals surface area contributed by atoms with Gasteiger partial charge < -0.3 is 10.5 Å². The first kappa shape index (κ1) is 15.5. The Morgan fingerprint density at radius 3 is 2.53 bits per heavy atom. The number of rotatable bonds is 5. The predicted octanol–water partition coefficient (Wildman–Crippen LogP) is 0.761. The van der Waals surface area contributed by atoms with E-state index in [1.807, 2.05) is 0 Å². The highest BCUT2D eigenvalue weighted by molar-refractivity contribution is 7.89. The minimum absolute atomic E-state index is 0.0424. The van der Waals surface area contributed by atoms with Crippen molar-refractivity contribution in [2.24, 2.45) is 0 Å². The molecule has 0 aliphatic carbocycles. The molecule has 0 atom stereocenters. The first-order valence-electron chi connectivity index (χ1n) is 5.76. The Bertz CT molecular complexity index is 549. The van der Waals surface area contributed by atoms with E-state index in [0.717, 1.165) is 4.31 Å². The van der Waals surface area contributed by atoms with Crippen molar-refractivity contribution in [2.75, 3.05) is 25.9 Å². The highest BCUT2D eigenvalue weighted by Crippen LogP contribution is 2.25. The Labute approximate surface area is 113 Å².